The van der Waals surface area contributed by atoms with Gasteiger partial charge >= 0.3 is 0 Å². The van der Waals surface area contributed by atoms with Crippen LogP contribution in [0.15, 0.2) is 71.4 Å². The van der Waals surface area contributed by atoms with Crippen molar-refractivity contribution < 1.29 is 18.7 Å². The number of carbonyl (C=O) groups excluding carboxylic acids is 1. The first-order valence-corrected chi connectivity index (χ1v) is 11.8. The average Bonchev–Trinajstić information content (AvgIpc) is 3.53. The molecule has 2 aromatic carbocycles. The van der Waals surface area contributed by atoms with Crippen LogP contribution in [0.1, 0.15) is 54.7 Å². The number of carbonyl (C=O) groups is 1. The van der Waals surface area contributed by atoms with E-state index in [1.54, 1.807) is 19.2 Å². The maximum atomic E-state index is 12.5. The molecular weight excluding hydrogens is 442 g/mol. The largest absolute Gasteiger partial charge is 0.493 e. The fourth-order valence-corrected chi connectivity index (χ4v) is 4.05. The molecule has 35 heavy (non-hydrogen) atoms. The Morgan fingerprint density at radius 3 is 2.77 bits per heavy atom. The number of methoxy groups -OCH3 is 1. The summed E-state index contributed by atoms with van der Waals surface area (Å²) in [5.74, 6) is 2.30. The monoisotopic (exact) mass is 473 g/mol. The zero-order valence-corrected chi connectivity index (χ0v) is 20.4. The van der Waals surface area contributed by atoms with Crippen LogP contribution in [0.3, 0.4) is 0 Å². The molecule has 0 bridgehead atoms. The van der Waals surface area contributed by atoms with Crippen molar-refractivity contribution in [1.82, 2.24) is 14.9 Å². The van der Waals surface area contributed by atoms with Gasteiger partial charge in [0.15, 0.2) is 17.3 Å². The van der Waals surface area contributed by atoms with E-state index in [9.17, 15) is 4.79 Å². The topological polar surface area (TPSA) is 78.5 Å². The molecule has 1 unspecified atom stereocenters. The number of hydrogen-bond donors (Lipinski definition) is 1. The van der Waals surface area contributed by atoms with Crippen LogP contribution < -0.4 is 14.8 Å². The summed E-state index contributed by atoms with van der Waals surface area (Å²) in [4.78, 5) is 17.3. The van der Waals surface area contributed by atoms with E-state index in [-0.39, 0.29) is 17.7 Å². The molecule has 2 heterocycles. The molecule has 7 heteroatoms. The number of para-hydroxylation sites is 2. The first kappa shape index (κ1) is 24.1. The molecule has 7 nitrogen and oxygen atoms in total. The van der Waals surface area contributed by atoms with E-state index in [1.165, 1.54) is 6.26 Å². The van der Waals surface area contributed by atoms with Gasteiger partial charge in [0.1, 0.15) is 5.82 Å². The first-order chi connectivity index (χ1) is 17.1. The van der Waals surface area contributed by atoms with E-state index in [0.717, 1.165) is 53.3 Å². The van der Waals surface area contributed by atoms with Crippen LogP contribution in [-0.2, 0) is 6.54 Å². The molecule has 0 aliphatic rings. The van der Waals surface area contributed by atoms with Gasteiger partial charge in [-0.3, -0.25) is 4.79 Å². The SMILES string of the molecule is C/C=C/c1ccc(OCCCCn2c(C(C)NC(=O)c3ccco3)nc3ccccc32)c(OC)c1. The standard InChI is InChI=1S/C28H31N3O4/c1-4-10-21-14-15-24(26(19-21)33-3)34-17-8-7-16-31-23-12-6-5-11-22(23)30-27(31)20(2)29-28(32)25-13-9-18-35-25/h4-6,9-15,18-20H,7-8,16-17H2,1-3H3,(H,29,32)/b10-4+. The molecule has 182 valence electrons. The van der Waals surface area contributed by atoms with Crippen LogP contribution in [0.2, 0.25) is 0 Å². The third kappa shape index (κ3) is 5.74. The number of rotatable bonds is 11. The van der Waals surface area contributed by atoms with E-state index < -0.39 is 0 Å². The fraction of sp³-hybridized carbons (Fsp3) is 0.286. The molecule has 0 aliphatic carbocycles. The van der Waals surface area contributed by atoms with E-state index in [1.807, 2.05) is 62.4 Å². The summed E-state index contributed by atoms with van der Waals surface area (Å²) >= 11 is 0. The lowest BCUT2D eigenvalue weighted by Gasteiger charge is -2.16. The quantitative estimate of drug-likeness (QED) is 0.270. The van der Waals surface area contributed by atoms with Crippen LogP contribution >= 0.6 is 0 Å². The molecule has 1 atom stereocenters. The lowest BCUT2D eigenvalue weighted by atomic mass is 10.2. The van der Waals surface area contributed by atoms with Crippen LogP contribution in [0.4, 0.5) is 0 Å². The van der Waals surface area contributed by atoms with Crippen LogP contribution in [0.25, 0.3) is 17.1 Å². The number of aromatic nitrogens is 2. The summed E-state index contributed by atoms with van der Waals surface area (Å²) in [6, 6.07) is 17.0. The van der Waals surface area contributed by atoms with Gasteiger partial charge in [-0.25, -0.2) is 4.98 Å². The Balaban J connectivity index is 1.39. The molecule has 0 saturated heterocycles. The average molecular weight is 474 g/mol. The Labute approximate surface area is 205 Å². The van der Waals surface area contributed by atoms with E-state index in [4.69, 9.17) is 18.9 Å². The van der Waals surface area contributed by atoms with Crippen molar-refractivity contribution in [3.63, 3.8) is 0 Å². The smallest absolute Gasteiger partial charge is 0.287 e. The van der Waals surface area contributed by atoms with Crippen LogP contribution in [0.5, 0.6) is 11.5 Å². The Morgan fingerprint density at radius 2 is 2.00 bits per heavy atom. The molecule has 0 saturated carbocycles. The van der Waals surface area contributed by atoms with Crippen molar-refractivity contribution in [1.29, 1.82) is 0 Å². The van der Waals surface area contributed by atoms with Crippen molar-refractivity contribution in [3.05, 3.63) is 84.1 Å². The number of imidazole rings is 1. The number of nitrogens with zero attached hydrogens (tertiary/aromatic N) is 2. The van der Waals surface area contributed by atoms with Gasteiger partial charge in [0.05, 0.1) is 37.1 Å². The summed E-state index contributed by atoms with van der Waals surface area (Å²) in [5.41, 5.74) is 3.03. The van der Waals surface area contributed by atoms with Crippen molar-refractivity contribution in [2.75, 3.05) is 13.7 Å². The van der Waals surface area contributed by atoms with Crippen molar-refractivity contribution in [3.8, 4) is 11.5 Å². The predicted molar refractivity (Wildman–Crippen MR) is 137 cm³/mol. The number of fused-ring (bicyclic) bond motifs is 1. The second-order valence-corrected chi connectivity index (χ2v) is 8.25. The molecule has 0 radical (unpaired) electrons. The van der Waals surface area contributed by atoms with Gasteiger partial charge in [-0.2, -0.15) is 0 Å². The second-order valence-electron chi connectivity index (χ2n) is 8.25. The molecule has 4 aromatic rings. The molecule has 1 amide bonds. The molecule has 0 fully saturated rings. The van der Waals surface area contributed by atoms with Gasteiger partial charge in [0, 0.05) is 6.54 Å². The summed E-state index contributed by atoms with van der Waals surface area (Å²) < 4.78 is 18.9. The molecule has 0 aliphatic heterocycles. The molecular formula is C28H31N3O4. The second kappa shape index (κ2) is 11.4. The number of ether oxygens (including phenoxy) is 2. The number of nitrogens with one attached hydrogen (secondary N) is 1. The van der Waals surface area contributed by atoms with Gasteiger partial charge in [0.25, 0.3) is 5.91 Å². The number of benzene rings is 2. The van der Waals surface area contributed by atoms with Gasteiger partial charge in [-0.1, -0.05) is 30.4 Å². The van der Waals surface area contributed by atoms with Gasteiger partial charge < -0.3 is 23.8 Å². The third-order valence-corrected chi connectivity index (χ3v) is 5.74. The van der Waals surface area contributed by atoms with Gasteiger partial charge in [0.2, 0.25) is 0 Å². The Morgan fingerprint density at radius 1 is 1.14 bits per heavy atom. The highest BCUT2D eigenvalue weighted by Gasteiger charge is 2.20. The molecule has 2 aromatic heterocycles. The number of unbranched alkanes of at least 4 members (excludes halogenated alkanes) is 1. The van der Waals surface area contributed by atoms with Crippen LogP contribution in [0, 0.1) is 0 Å². The third-order valence-electron chi connectivity index (χ3n) is 5.74. The number of hydrogen-bond acceptors (Lipinski definition) is 5. The van der Waals surface area contributed by atoms with E-state index in [0.29, 0.717) is 6.61 Å². The van der Waals surface area contributed by atoms with E-state index >= 15 is 0 Å². The zero-order valence-electron chi connectivity index (χ0n) is 20.4. The van der Waals surface area contributed by atoms with Gasteiger partial charge in [-0.05, 0) is 68.7 Å². The Hall–Kier alpha value is -4.00. The van der Waals surface area contributed by atoms with Crippen molar-refractivity contribution >= 4 is 23.0 Å². The zero-order chi connectivity index (χ0) is 24.6. The summed E-state index contributed by atoms with van der Waals surface area (Å²) in [6.45, 7) is 5.26. The summed E-state index contributed by atoms with van der Waals surface area (Å²) in [7, 11) is 1.65. The Kier molecular flexibility index (Phi) is 7.88. The number of amides is 1. The minimum Gasteiger partial charge on any atom is -0.493 e. The number of allylic oxidation sites excluding steroid dienone is 1. The van der Waals surface area contributed by atoms with Crippen LogP contribution in [-0.4, -0.2) is 29.2 Å². The molecule has 4 rings (SSSR count). The normalized spacial score (nSPS) is 12.2. The number of aryl methyl sites for hydroxylation is 1. The van der Waals surface area contributed by atoms with E-state index in [2.05, 4.69) is 16.0 Å². The highest BCUT2D eigenvalue weighted by molar-refractivity contribution is 5.91. The van der Waals surface area contributed by atoms with Crippen molar-refractivity contribution in [2.24, 2.45) is 0 Å². The molecule has 1 N–H and O–H groups in total. The predicted octanol–water partition coefficient (Wildman–Crippen LogP) is 6.02. The Bertz CT molecular complexity index is 1290. The number of furan rings is 1. The first-order valence-electron chi connectivity index (χ1n) is 11.8. The minimum atomic E-state index is -0.281. The molecule has 0 spiro atoms. The maximum absolute atomic E-state index is 12.5. The summed E-state index contributed by atoms with van der Waals surface area (Å²) in [5, 5.41) is 2.99. The van der Waals surface area contributed by atoms with Crippen molar-refractivity contribution in [2.45, 2.75) is 39.3 Å². The summed E-state index contributed by atoms with van der Waals surface area (Å²) in [6.07, 6.45) is 7.26. The minimum absolute atomic E-state index is 0.260. The highest BCUT2D eigenvalue weighted by atomic mass is 16.5. The maximum Gasteiger partial charge on any atom is 0.287 e. The fourth-order valence-electron chi connectivity index (χ4n) is 4.05. The lowest BCUT2D eigenvalue weighted by Crippen LogP contribution is -2.28. The highest BCUT2D eigenvalue weighted by Crippen LogP contribution is 2.29. The lowest BCUT2D eigenvalue weighted by molar-refractivity contribution is 0.0909. The van der Waals surface area contributed by atoms with Gasteiger partial charge in [-0.15, -0.1) is 0 Å².